The molecule has 3 rings (SSSR count). The zero-order valence-corrected chi connectivity index (χ0v) is 11.1. The van der Waals surface area contributed by atoms with E-state index in [1.54, 1.807) is 6.07 Å². The van der Waals surface area contributed by atoms with Crippen molar-refractivity contribution in [2.24, 2.45) is 5.92 Å². The Hall–Kier alpha value is -1.93. The van der Waals surface area contributed by atoms with Crippen LogP contribution in [0.2, 0.25) is 0 Å². The Balaban J connectivity index is 1.81. The number of halogens is 1. The molecular formula is C15H16FN3O. The number of piperidine rings is 1. The first-order valence-corrected chi connectivity index (χ1v) is 6.89. The molecule has 0 aromatic heterocycles. The molecule has 2 aliphatic heterocycles. The van der Waals surface area contributed by atoms with E-state index in [4.69, 9.17) is 5.26 Å². The highest BCUT2D eigenvalue weighted by Gasteiger charge is 2.40. The van der Waals surface area contributed by atoms with Crippen LogP contribution in [0.1, 0.15) is 24.0 Å². The van der Waals surface area contributed by atoms with Crippen molar-refractivity contribution >= 4 is 5.91 Å². The summed E-state index contributed by atoms with van der Waals surface area (Å²) in [6.07, 6.45) is 1.86. The van der Waals surface area contributed by atoms with Gasteiger partial charge in [-0.05, 0) is 37.6 Å². The van der Waals surface area contributed by atoms with E-state index >= 15 is 0 Å². The van der Waals surface area contributed by atoms with Gasteiger partial charge in [-0.25, -0.2) is 4.39 Å². The number of hydrogen-bond donors (Lipinski definition) is 1. The van der Waals surface area contributed by atoms with Gasteiger partial charge in [-0.3, -0.25) is 9.69 Å². The monoisotopic (exact) mass is 273 g/mol. The van der Waals surface area contributed by atoms with Crippen LogP contribution in [0.5, 0.6) is 0 Å². The zero-order chi connectivity index (χ0) is 14.1. The third kappa shape index (κ3) is 2.27. The van der Waals surface area contributed by atoms with Crippen molar-refractivity contribution < 1.29 is 9.18 Å². The van der Waals surface area contributed by atoms with Crippen molar-refractivity contribution in [2.75, 3.05) is 13.1 Å². The smallest absolute Gasteiger partial charge is 0.224 e. The van der Waals surface area contributed by atoms with Crippen molar-refractivity contribution in [3.63, 3.8) is 0 Å². The third-order valence-electron chi connectivity index (χ3n) is 4.26. The predicted octanol–water partition coefficient (Wildman–Crippen LogP) is 1.41. The maximum absolute atomic E-state index is 13.9. The maximum atomic E-state index is 13.9. The van der Waals surface area contributed by atoms with Crippen LogP contribution in [0.3, 0.4) is 0 Å². The number of nitrogens with one attached hydrogen (secondary N) is 1. The summed E-state index contributed by atoms with van der Waals surface area (Å²) in [5.41, 5.74) is 1.000. The van der Waals surface area contributed by atoms with Crippen LogP contribution < -0.4 is 5.32 Å². The normalized spacial score (nSPS) is 25.9. The third-order valence-corrected chi connectivity index (χ3v) is 4.26. The average Bonchev–Trinajstić information content (AvgIpc) is 2.84. The standard InChI is InChI=1S/C15H16FN3O/c16-13-4-3-10(7-17)6-11(13)9-19-5-1-2-12-14(19)8-18-15(12)20/h3-4,6,12,14H,1-2,5,8-9H2,(H,18,20). The molecule has 2 aliphatic rings. The fourth-order valence-corrected chi connectivity index (χ4v) is 3.22. The minimum atomic E-state index is -0.289. The summed E-state index contributed by atoms with van der Waals surface area (Å²) in [6.45, 7) is 1.97. The van der Waals surface area contributed by atoms with Crippen LogP contribution in [-0.4, -0.2) is 29.9 Å². The highest BCUT2D eigenvalue weighted by atomic mass is 19.1. The van der Waals surface area contributed by atoms with Gasteiger partial charge < -0.3 is 5.32 Å². The van der Waals surface area contributed by atoms with Gasteiger partial charge in [-0.1, -0.05) is 0 Å². The van der Waals surface area contributed by atoms with Crippen LogP contribution >= 0.6 is 0 Å². The number of likely N-dealkylation sites (tertiary alicyclic amines) is 1. The Kier molecular flexibility index (Phi) is 3.41. The maximum Gasteiger partial charge on any atom is 0.224 e. The Morgan fingerprint density at radius 3 is 3.15 bits per heavy atom. The largest absolute Gasteiger partial charge is 0.354 e. The number of carbonyl (C=O) groups excluding carboxylic acids is 1. The Bertz CT molecular complexity index is 581. The Morgan fingerprint density at radius 1 is 1.50 bits per heavy atom. The van der Waals surface area contributed by atoms with Crippen molar-refractivity contribution in [2.45, 2.75) is 25.4 Å². The molecule has 1 aromatic rings. The molecule has 2 fully saturated rings. The summed E-state index contributed by atoms with van der Waals surface area (Å²) in [5, 5.41) is 11.8. The summed E-state index contributed by atoms with van der Waals surface area (Å²) in [5.74, 6) is -0.139. The SMILES string of the molecule is N#Cc1ccc(F)c(CN2CCCC3C(=O)NCC32)c1. The number of amides is 1. The van der Waals surface area contributed by atoms with E-state index in [1.807, 2.05) is 6.07 Å². The van der Waals surface area contributed by atoms with E-state index in [1.165, 1.54) is 12.1 Å². The number of fused-ring (bicyclic) bond motifs is 1. The number of nitriles is 1. The highest BCUT2D eigenvalue weighted by Crippen LogP contribution is 2.29. The lowest BCUT2D eigenvalue weighted by Gasteiger charge is -2.35. The quantitative estimate of drug-likeness (QED) is 0.886. The molecule has 0 radical (unpaired) electrons. The summed E-state index contributed by atoms with van der Waals surface area (Å²) in [6, 6.07) is 6.61. The first-order chi connectivity index (χ1) is 9.69. The lowest BCUT2D eigenvalue weighted by Crippen LogP contribution is -2.45. The summed E-state index contributed by atoms with van der Waals surface area (Å²) in [4.78, 5) is 13.9. The molecule has 20 heavy (non-hydrogen) atoms. The van der Waals surface area contributed by atoms with Crippen LogP contribution in [-0.2, 0) is 11.3 Å². The fourth-order valence-electron chi connectivity index (χ4n) is 3.22. The number of nitrogens with zero attached hydrogens (tertiary/aromatic N) is 2. The lowest BCUT2D eigenvalue weighted by atomic mass is 9.91. The predicted molar refractivity (Wildman–Crippen MR) is 71.0 cm³/mol. The molecule has 2 unspecified atom stereocenters. The van der Waals surface area contributed by atoms with Gasteiger partial charge in [0.25, 0.3) is 0 Å². The van der Waals surface area contributed by atoms with Gasteiger partial charge in [0.2, 0.25) is 5.91 Å². The van der Waals surface area contributed by atoms with Crippen molar-refractivity contribution in [1.82, 2.24) is 10.2 Å². The van der Waals surface area contributed by atoms with E-state index in [9.17, 15) is 9.18 Å². The van der Waals surface area contributed by atoms with Gasteiger partial charge in [0.05, 0.1) is 17.6 Å². The second kappa shape index (κ2) is 5.22. The van der Waals surface area contributed by atoms with Crippen LogP contribution in [0.15, 0.2) is 18.2 Å². The summed E-state index contributed by atoms with van der Waals surface area (Å²) < 4.78 is 13.9. The van der Waals surface area contributed by atoms with Gasteiger partial charge in [-0.15, -0.1) is 0 Å². The Labute approximate surface area is 117 Å². The molecular weight excluding hydrogens is 257 g/mol. The van der Waals surface area contributed by atoms with Gasteiger partial charge in [0.15, 0.2) is 0 Å². The van der Waals surface area contributed by atoms with Crippen LogP contribution in [0.25, 0.3) is 0 Å². The average molecular weight is 273 g/mol. The van der Waals surface area contributed by atoms with E-state index in [0.717, 1.165) is 19.4 Å². The lowest BCUT2D eigenvalue weighted by molar-refractivity contribution is -0.124. The summed E-state index contributed by atoms with van der Waals surface area (Å²) in [7, 11) is 0. The number of benzene rings is 1. The second-order valence-corrected chi connectivity index (χ2v) is 5.45. The van der Waals surface area contributed by atoms with Crippen LogP contribution in [0.4, 0.5) is 4.39 Å². The first-order valence-electron chi connectivity index (χ1n) is 6.89. The molecule has 0 bridgehead atoms. The van der Waals surface area contributed by atoms with E-state index < -0.39 is 0 Å². The zero-order valence-electron chi connectivity index (χ0n) is 11.1. The fraction of sp³-hybridized carbons (Fsp3) is 0.467. The minimum absolute atomic E-state index is 0.0333. The van der Waals surface area contributed by atoms with E-state index in [-0.39, 0.29) is 23.7 Å². The van der Waals surface area contributed by atoms with Crippen molar-refractivity contribution in [3.05, 3.63) is 35.1 Å². The van der Waals surface area contributed by atoms with Gasteiger partial charge in [0, 0.05) is 24.7 Å². The Morgan fingerprint density at radius 2 is 2.35 bits per heavy atom. The molecule has 5 heteroatoms. The van der Waals surface area contributed by atoms with Gasteiger partial charge in [-0.2, -0.15) is 5.26 Å². The molecule has 2 atom stereocenters. The van der Waals surface area contributed by atoms with Crippen LogP contribution in [0, 0.1) is 23.1 Å². The molecule has 2 heterocycles. The number of hydrogen-bond acceptors (Lipinski definition) is 3. The molecule has 2 saturated heterocycles. The van der Waals surface area contributed by atoms with Gasteiger partial charge in [0.1, 0.15) is 5.82 Å². The number of carbonyl (C=O) groups is 1. The van der Waals surface area contributed by atoms with Crippen molar-refractivity contribution in [3.8, 4) is 6.07 Å². The minimum Gasteiger partial charge on any atom is -0.354 e. The molecule has 1 N–H and O–H groups in total. The second-order valence-electron chi connectivity index (χ2n) is 5.45. The topological polar surface area (TPSA) is 56.1 Å². The molecule has 1 amide bonds. The van der Waals surface area contributed by atoms with E-state index in [2.05, 4.69) is 10.2 Å². The molecule has 0 saturated carbocycles. The molecule has 104 valence electrons. The molecule has 4 nitrogen and oxygen atoms in total. The molecule has 0 aliphatic carbocycles. The number of rotatable bonds is 2. The van der Waals surface area contributed by atoms with E-state index in [0.29, 0.717) is 24.2 Å². The first kappa shape index (κ1) is 13.1. The van der Waals surface area contributed by atoms with Gasteiger partial charge >= 0.3 is 0 Å². The molecule has 0 spiro atoms. The summed E-state index contributed by atoms with van der Waals surface area (Å²) >= 11 is 0. The highest BCUT2D eigenvalue weighted by molar-refractivity contribution is 5.82. The van der Waals surface area contributed by atoms with Crippen molar-refractivity contribution in [1.29, 1.82) is 5.26 Å². The molecule has 1 aromatic carbocycles.